The molecule has 6 heteroatoms. The lowest BCUT2D eigenvalue weighted by Crippen LogP contribution is -2.37. The molecule has 0 spiro atoms. The molecule has 0 aliphatic carbocycles. The summed E-state index contributed by atoms with van der Waals surface area (Å²) in [5, 5.41) is 10.8. The van der Waals surface area contributed by atoms with Gasteiger partial charge in [-0.15, -0.1) is 0 Å². The highest BCUT2D eigenvalue weighted by Gasteiger charge is 2.10. The minimum Gasteiger partial charge on any atom is -0.379 e. The lowest BCUT2D eigenvalue weighted by molar-refractivity contribution is -0.385. The van der Waals surface area contributed by atoms with E-state index in [1.807, 2.05) is 0 Å². The summed E-state index contributed by atoms with van der Waals surface area (Å²) in [4.78, 5) is 17.0. The van der Waals surface area contributed by atoms with Crippen molar-refractivity contribution in [3.05, 3.63) is 39.9 Å². The molecule has 1 heterocycles. The van der Waals surface area contributed by atoms with Gasteiger partial charge in [-0.3, -0.25) is 20.0 Å². The van der Waals surface area contributed by atoms with Crippen LogP contribution in [0.2, 0.25) is 0 Å². The first kappa shape index (κ1) is 13.6. The van der Waals surface area contributed by atoms with Crippen LogP contribution in [-0.2, 0) is 4.74 Å². The predicted molar refractivity (Wildman–Crippen MR) is 72.8 cm³/mol. The van der Waals surface area contributed by atoms with Gasteiger partial charge in [-0.25, -0.2) is 0 Å². The van der Waals surface area contributed by atoms with Crippen LogP contribution < -0.4 is 0 Å². The van der Waals surface area contributed by atoms with Crippen molar-refractivity contribution >= 4 is 11.9 Å². The maximum absolute atomic E-state index is 10.8. The lowest BCUT2D eigenvalue weighted by atomic mass is 10.2. The fourth-order valence-electron chi connectivity index (χ4n) is 1.95. The number of hydrogen-bond acceptors (Lipinski definition) is 5. The summed E-state index contributed by atoms with van der Waals surface area (Å²) in [6, 6.07) is 6.62. The molecule has 1 aliphatic heterocycles. The normalized spacial score (nSPS) is 16.8. The minimum atomic E-state index is -0.386. The zero-order valence-electron chi connectivity index (χ0n) is 10.7. The van der Waals surface area contributed by atoms with Gasteiger partial charge < -0.3 is 4.74 Å². The SMILES string of the molecule is O=[N+]([O-])c1ccccc1C=NCCN1CCOCC1. The maximum atomic E-state index is 10.8. The van der Waals surface area contributed by atoms with Crippen molar-refractivity contribution in [1.82, 2.24) is 4.90 Å². The van der Waals surface area contributed by atoms with E-state index in [1.165, 1.54) is 6.07 Å². The third-order valence-corrected chi connectivity index (χ3v) is 3.01. The molecule has 0 unspecified atom stereocenters. The van der Waals surface area contributed by atoms with Gasteiger partial charge in [-0.2, -0.15) is 0 Å². The summed E-state index contributed by atoms with van der Waals surface area (Å²) >= 11 is 0. The second-order valence-electron chi connectivity index (χ2n) is 4.31. The largest absolute Gasteiger partial charge is 0.379 e. The topological polar surface area (TPSA) is 68.0 Å². The van der Waals surface area contributed by atoms with Crippen molar-refractivity contribution in [3.63, 3.8) is 0 Å². The number of nitrogens with zero attached hydrogens (tertiary/aromatic N) is 3. The second-order valence-corrected chi connectivity index (χ2v) is 4.31. The maximum Gasteiger partial charge on any atom is 0.278 e. The number of hydrogen-bond donors (Lipinski definition) is 0. The van der Waals surface area contributed by atoms with Gasteiger partial charge in [0.2, 0.25) is 0 Å². The highest BCUT2D eigenvalue weighted by atomic mass is 16.6. The molecular formula is C13H17N3O3. The second kappa shape index (κ2) is 6.96. The number of nitro benzene ring substituents is 1. The Morgan fingerprint density at radius 3 is 2.84 bits per heavy atom. The first-order valence-electron chi connectivity index (χ1n) is 6.31. The fraction of sp³-hybridized carbons (Fsp3) is 0.462. The van der Waals surface area contributed by atoms with Gasteiger partial charge in [-0.05, 0) is 6.07 Å². The number of aliphatic imine (C=N–C) groups is 1. The molecule has 0 saturated carbocycles. The Morgan fingerprint density at radius 1 is 1.37 bits per heavy atom. The number of para-hydroxylation sites is 1. The van der Waals surface area contributed by atoms with Gasteiger partial charge in [0.25, 0.3) is 5.69 Å². The molecule has 1 aromatic rings. The number of morpholine rings is 1. The molecule has 1 aliphatic rings. The summed E-state index contributed by atoms with van der Waals surface area (Å²) in [5.41, 5.74) is 0.645. The van der Waals surface area contributed by atoms with E-state index in [0.717, 1.165) is 32.8 Å². The molecule has 2 rings (SSSR count). The standard InChI is InChI=1S/C13H17N3O3/c17-16(18)13-4-2-1-3-12(13)11-14-5-6-15-7-9-19-10-8-15/h1-4,11H,5-10H2. The minimum absolute atomic E-state index is 0.0950. The van der Waals surface area contributed by atoms with E-state index in [4.69, 9.17) is 4.74 Å². The van der Waals surface area contributed by atoms with Crippen LogP contribution >= 0.6 is 0 Å². The summed E-state index contributed by atoms with van der Waals surface area (Å²) in [6.07, 6.45) is 1.58. The Bertz CT molecular complexity index is 456. The Labute approximate surface area is 111 Å². The number of rotatable bonds is 5. The van der Waals surface area contributed by atoms with E-state index in [2.05, 4.69) is 9.89 Å². The third-order valence-electron chi connectivity index (χ3n) is 3.01. The summed E-state index contributed by atoms with van der Waals surface area (Å²) in [7, 11) is 0. The predicted octanol–water partition coefficient (Wildman–Crippen LogP) is 1.35. The zero-order chi connectivity index (χ0) is 13.5. The molecule has 102 valence electrons. The number of ether oxygens (including phenoxy) is 1. The van der Waals surface area contributed by atoms with E-state index in [0.29, 0.717) is 12.1 Å². The first-order valence-corrected chi connectivity index (χ1v) is 6.31. The van der Waals surface area contributed by atoms with Crippen LogP contribution in [0.25, 0.3) is 0 Å². The Kier molecular flexibility index (Phi) is 5.00. The molecule has 1 aromatic carbocycles. The molecule has 0 aromatic heterocycles. The molecule has 0 radical (unpaired) electrons. The van der Waals surface area contributed by atoms with Crippen molar-refractivity contribution in [1.29, 1.82) is 0 Å². The van der Waals surface area contributed by atoms with Crippen LogP contribution in [0.4, 0.5) is 5.69 Å². The van der Waals surface area contributed by atoms with Crippen LogP contribution in [0.3, 0.4) is 0 Å². The Hall–Kier alpha value is -1.79. The third kappa shape index (κ3) is 4.11. The van der Waals surface area contributed by atoms with Crippen LogP contribution in [0, 0.1) is 10.1 Å². The molecule has 0 amide bonds. The van der Waals surface area contributed by atoms with Gasteiger partial charge in [0.15, 0.2) is 0 Å². The van der Waals surface area contributed by atoms with Crippen molar-refractivity contribution in [2.75, 3.05) is 39.4 Å². The summed E-state index contributed by atoms with van der Waals surface area (Å²) in [6.45, 7) is 4.91. The number of benzene rings is 1. The van der Waals surface area contributed by atoms with Gasteiger partial charge in [0, 0.05) is 31.9 Å². The average Bonchev–Trinajstić information content (AvgIpc) is 2.45. The van der Waals surface area contributed by atoms with E-state index in [-0.39, 0.29) is 10.6 Å². The highest BCUT2D eigenvalue weighted by Crippen LogP contribution is 2.15. The average molecular weight is 263 g/mol. The van der Waals surface area contributed by atoms with E-state index in [9.17, 15) is 10.1 Å². The van der Waals surface area contributed by atoms with E-state index < -0.39 is 0 Å². The van der Waals surface area contributed by atoms with Crippen molar-refractivity contribution in [2.24, 2.45) is 4.99 Å². The molecule has 1 saturated heterocycles. The highest BCUT2D eigenvalue weighted by molar-refractivity contribution is 5.85. The fourth-order valence-corrected chi connectivity index (χ4v) is 1.95. The van der Waals surface area contributed by atoms with Crippen LogP contribution in [0.15, 0.2) is 29.3 Å². The molecule has 19 heavy (non-hydrogen) atoms. The Balaban J connectivity index is 1.86. The molecular weight excluding hydrogens is 246 g/mol. The first-order chi connectivity index (χ1) is 9.27. The molecule has 0 atom stereocenters. The van der Waals surface area contributed by atoms with Crippen LogP contribution in [0.5, 0.6) is 0 Å². The van der Waals surface area contributed by atoms with Gasteiger partial charge in [-0.1, -0.05) is 12.1 Å². The van der Waals surface area contributed by atoms with Crippen molar-refractivity contribution in [3.8, 4) is 0 Å². The van der Waals surface area contributed by atoms with Gasteiger partial charge in [0.1, 0.15) is 0 Å². The van der Waals surface area contributed by atoms with Gasteiger partial charge in [0.05, 0.1) is 30.2 Å². The lowest BCUT2D eigenvalue weighted by Gasteiger charge is -2.25. The van der Waals surface area contributed by atoms with E-state index >= 15 is 0 Å². The molecule has 0 N–H and O–H groups in total. The smallest absolute Gasteiger partial charge is 0.278 e. The molecule has 1 fully saturated rings. The summed E-state index contributed by atoms with van der Waals surface area (Å²) in [5.74, 6) is 0. The molecule has 6 nitrogen and oxygen atoms in total. The van der Waals surface area contributed by atoms with Gasteiger partial charge >= 0.3 is 0 Å². The Morgan fingerprint density at radius 2 is 2.11 bits per heavy atom. The zero-order valence-corrected chi connectivity index (χ0v) is 10.7. The number of nitro groups is 1. The quantitative estimate of drug-likeness (QED) is 0.457. The molecule has 0 bridgehead atoms. The monoisotopic (exact) mass is 263 g/mol. The van der Waals surface area contributed by atoms with E-state index in [1.54, 1.807) is 24.4 Å². The van der Waals surface area contributed by atoms with Crippen molar-refractivity contribution in [2.45, 2.75) is 0 Å². The summed E-state index contributed by atoms with van der Waals surface area (Å²) < 4.78 is 5.26. The van der Waals surface area contributed by atoms with Crippen molar-refractivity contribution < 1.29 is 9.66 Å². The van der Waals surface area contributed by atoms with Crippen LogP contribution in [-0.4, -0.2) is 55.4 Å². The van der Waals surface area contributed by atoms with Crippen LogP contribution in [0.1, 0.15) is 5.56 Å².